The number of hydrogen-bond donors (Lipinski definition) is 0. The average Bonchev–Trinajstić information content (AvgIpc) is 2.57. The first-order valence-electron chi connectivity index (χ1n) is 4.77. The minimum absolute atomic E-state index is 0.128. The second-order valence-electron chi connectivity index (χ2n) is 3.46. The van der Waals surface area contributed by atoms with Crippen molar-refractivity contribution < 1.29 is 14.1 Å². The summed E-state index contributed by atoms with van der Waals surface area (Å²) in [6, 6.07) is 3.85. The molecular weight excluding hydrogens is 309 g/mol. The summed E-state index contributed by atoms with van der Waals surface area (Å²) in [6.45, 7) is 0. The van der Waals surface area contributed by atoms with Crippen molar-refractivity contribution in [2.75, 3.05) is 0 Å². The third-order valence-electron chi connectivity index (χ3n) is 2.02. The van der Waals surface area contributed by atoms with E-state index in [1.54, 1.807) is 0 Å². The van der Waals surface area contributed by atoms with Gasteiger partial charge in [0.05, 0.1) is 4.92 Å². The van der Waals surface area contributed by atoms with Crippen molar-refractivity contribution >= 4 is 21.6 Å². The van der Waals surface area contributed by atoms with Gasteiger partial charge in [0.25, 0.3) is 0 Å². The van der Waals surface area contributed by atoms with Gasteiger partial charge in [-0.15, -0.1) is 5.10 Å². The number of rotatable bonds is 3. The molecule has 18 heavy (non-hydrogen) atoms. The minimum Gasteiger partial charge on any atom is -0.432 e. The average molecular weight is 316 g/mol. The lowest BCUT2D eigenvalue weighted by Crippen LogP contribution is -1.92. The van der Waals surface area contributed by atoms with Gasteiger partial charge in [0, 0.05) is 17.6 Å². The topological polar surface area (TPSA) is 70.2 Å². The number of halogens is 2. The second-order valence-corrected chi connectivity index (χ2v) is 4.37. The van der Waals surface area contributed by atoms with Crippen molar-refractivity contribution in [3.05, 3.63) is 44.8 Å². The molecule has 0 atom stereocenters. The second kappa shape index (κ2) is 4.73. The molecule has 0 unspecified atom stereocenters. The van der Waals surface area contributed by atoms with Gasteiger partial charge in [0.1, 0.15) is 17.8 Å². The van der Waals surface area contributed by atoms with Gasteiger partial charge in [-0.25, -0.2) is 4.39 Å². The number of hydrogen-bond acceptors (Lipinski definition) is 4. The Kier molecular flexibility index (Phi) is 3.28. The fourth-order valence-corrected chi connectivity index (χ4v) is 1.80. The molecule has 0 bridgehead atoms. The summed E-state index contributed by atoms with van der Waals surface area (Å²) in [5.41, 5.74) is -0.280. The van der Waals surface area contributed by atoms with Gasteiger partial charge in [-0.1, -0.05) is 15.9 Å². The fraction of sp³-hybridized carbons (Fsp3) is 0.100. The summed E-state index contributed by atoms with van der Waals surface area (Å²) >= 11 is 3.10. The lowest BCUT2D eigenvalue weighted by atomic mass is 10.3. The van der Waals surface area contributed by atoms with Gasteiger partial charge in [-0.3, -0.25) is 14.8 Å². The largest absolute Gasteiger partial charge is 0.432 e. The number of benzene rings is 1. The first-order chi connectivity index (χ1) is 8.45. The van der Waals surface area contributed by atoms with Gasteiger partial charge < -0.3 is 4.74 Å². The summed E-state index contributed by atoms with van der Waals surface area (Å²) < 4.78 is 20.1. The quantitative estimate of drug-likeness (QED) is 0.644. The van der Waals surface area contributed by atoms with Gasteiger partial charge in [-0.2, -0.15) is 0 Å². The molecule has 0 fully saturated rings. The molecule has 0 spiro atoms. The lowest BCUT2D eigenvalue weighted by Gasteiger charge is -2.02. The summed E-state index contributed by atoms with van der Waals surface area (Å²) in [7, 11) is 1.53. The zero-order valence-electron chi connectivity index (χ0n) is 9.13. The van der Waals surface area contributed by atoms with Gasteiger partial charge >= 0.3 is 11.6 Å². The third-order valence-corrected chi connectivity index (χ3v) is 2.48. The maximum atomic E-state index is 13.1. The van der Waals surface area contributed by atoms with Crippen LogP contribution in [0.25, 0.3) is 0 Å². The number of aromatic nitrogens is 2. The van der Waals surface area contributed by atoms with Crippen LogP contribution >= 0.6 is 15.9 Å². The summed E-state index contributed by atoms with van der Waals surface area (Å²) in [6.07, 6.45) is 1.21. The van der Waals surface area contributed by atoms with Crippen LogP contribution < -0.4 is 4.74 Å². The molecule has 6 nitrogen and oxygen atoms in total. The summed E-state index contributed by atoms with van der Waals surface area (Å²) in [5, 5.41) is 14.5. The van der Waals surface area contributed by atoms with Crippen molar-refractivity contribution in [2.24, 2.45) is 7.05 Å². The number of ether oxygens (including phenoxy) is 1. The number of aryl methyl sites for hydroxylation is 1. The van der Waals surface area contributed by atoms with Crippen LogP contribution in [0.5, 0.6) is 11.6 Å². The Labute approximate surface area is 109 Å². The zero-order chi connectivity index (χ0) is 13.3. The molecule has 0 saturated carbocycles. The highest BCUT2D eigenvalue weighted by atomic mass is 79.9. The van der Waals surface area contributed by atoms with Crippen molar-refractivity contribution in [1.29, 1.82) is 0 Å². The van der Waals surface area contributed by atoms with Crippen LogP contribution in [0, 0.1) is 15.9 Å². The normalized spacial score (nSPS) is 10.4. The van der Waals surface area contributed by atoms with E-state index in [1.165, 1.54) is 30.1 Å². The molecule has 2 aromatic rings. The monoisotopic (exact) mass is 315 g/mol. The van der Waals surface area contributed by atoms with Crippen molar-refractivity contribution in [3.63, 3.8) is 0 Å². The van der Waals surface area contributed by atoms with Crippen molar-refractivity contribution in [2.45, 2.75) is 0 Å². The standard InChI is InChI=1S/C10H7BrFN3O3/c1-14-5-9(15(16)17)10(13-14)18-8-3-6(11)2-7(12)4-8/h2-5H,1H3. The van der Waals surface area contributed by atoms with Gasteiger partial charge in [-0.05, 0) is 12.1 Å². The molecule has 8 heteroatoms. The Morgan fingerprint density at radius 3 is 2.83 bits per heavy atom. The fourth-order valence-electron chi connectivity index (χ4n) is 1.35. The van der Waals surface area contributed by atoms with E-state index in [1.807, 2.05) is 0 Å². The number of nitrogens with zero attached hydrogens (tertiary/aromatic N) is 3. The van der Waals surface area contributed by atoms with E-state index >= 15 is 0 Å². The molecule has 0 radical (unpaired) electrons. The molecule has 0 saturated heterocycles. The van der Waals surface area contributed by atoms with Gasteiger partial charge in [0.2, 0.25) is 0 Å². The van der Waals surface area contributed by atoms with Crippen LogP contribution in [0.2, 0.25) is 0 Å². The first-order valence-corrected chi connectivity index (χ1v) is 5.57. The molecule has 0 N–H and O–H groups in total. The van der Waals surface area contributed by atoms with E-state index in [4.69, 9.17) is 4.74 Å². The van der Waals surface area contributed by atoms with E-state index in [2.05, 4.69) is 21.0 Å². The highest BCUT2D eigenvalue weighted by molar-refractivity contribution is 9.10. The van der Waals surface area contributed by atoms with E-state index in [9.17, 15) is 14.5 Å². The molecule has 0 aliphatic heterocycles. The maximum Gasteiger partial charge on any atom is 0.350 e. The number of nitro groups is 1. The Bertz CT molecular complexity index is 594. The Balaban J connectivity index is 2.36. The van der Waals surface area contributed by atoms with Crippen LogP contribution in [0.15, 0.2) is 28.9 Å². The smallest absolute Gasteiger partial charge is 0.350 e. The highest BCUT2D eigenvalue weighted by Crippen LogP contribution is 2.31. The predicted molar refractivity (Wildman–Crippen MR) is 64.0 cm³/mol. The van der Waals surface area contributed by atoms with Gasteiger partial charge in [0.15, 0.2) is 0 Å². The molecular formula is C10H7BrFN3O3. The highest BCUT2D eigenvalue weighted by Gasteiger charge is 2.21. The molecule has 0 amide bonds. The first kappa shape index (κ1) is 12.5. The molecule has 2 rings (SSSR count). The molecule has 0 aliphatic rings. The molecule has 0 aliphatic carbocycles. The Morgan fingerprint density at radius 2 is 2.22 bits per heavy atom. The maximum absolute atomic E-state index is 13.1. The third kappa shape index (κ3) is 2.65. The van der Waals surface area contributed by atoms with E-state index in [0.29, 0.717) is 4.47 Å². The van der Waals surface area contributed by atoms with Crippen LogP contribution in [0.1, 0.15) is 0 Å². The van der Waals surface area contributed by atoms with E-state index in [-0.39, 0.29) is 17.3 Å². The minimum atomic E-state index is -0.614. The van der Waals surface area contributed by atoms with Crippen molar-refractivity contribution in [3.8, 4) is 11.6 Å². The summed E-state index contributed by atoms with van der Waals surface area (Å²) in [4.78, 5) is 10.1. The lowest BCUT2D eigenvalue weighted by molar-refractivity contribution is -0.385. The molecule has 94 valence electrons. The zero-order valence-corrected chi connectivity index (χ0v) is 10.7. The van der Waals surface area contributed by atoms with E-state index < -0.39 is 10.7 Å². The Hall–Kier alpha value is -1.96. The van der Waals surface area contributed by atoms with Crippen LogP contribution in [-0.4, -0.2) is 14.7 Å². The molecule has 1 aromatic carbocycles. The SMILES string of the molecule is Cn1cc([N+](=O)[O-])c(Oc2cc(F)cc(Br)c2)n1. The molecule has 1 aromatic heterocycles. The van der Waals surface area contributed by atoms with Crippen LogP contribution in [0.3, 0.4) is 0 Å². The van der Waals surface area contributed by atoms with Crippen LogP contribution in [-0.2, 0) is 7.05 Å². The van der Waals surface area contributed by atoms with E-state index in [0.717, 1.165) is 6.07 Å². The van der Waals surface area contributed by atoms with Crippen molar-refractivity contribution in [1.82, 2.24) is 9.78 Å². The predicted octanol–water partition coefficient (Wildman–Crippen LogP) is 3.02. The van der Waals surface area contributed by atoms with Crippen LogP contribution in [0.4, 0.5) is 10.1 Å². The summed E-state index contributed by atoms with van der Waals surface area (Å²) in [5.74, 6) is -0.568. The Morgan fingerprint density at radius 1 is 1.50 bits per heavy atom. The molecule has 1 heterocycles.